The minimum Gasteiger partial charge on any atom is -0.348 e. The van der Waals surface area contributed by atoms with Gasteiger partial charge < -0.3 is 4.90 Å². The molecule has 5 heteroatoms. The predicted octanol–water partition coefficient (Wildman–Crippen LogP) is 3.45. The Balaban J connectivity index is 1.88. The highest BCUT2D eigenvalue weighted by Gasteiger charge is 2.25. The van der Waals surface area contributed by atoms with E-state index in [-0.39, 0.29) is 17.9 Å². The first-order valence-electron chi connectivity index (χ1n) is 6.11. The van der Waals surface area contributed by atoms with Crippen molar-refractivity contribution in [1.82, 2.24) is 4.90 Å². The first kappa shape index (κ1) is 12.7. The average molecular weight is 276 g/mol. The number of hydrogen-bond donors (Lipinski definition) is 1. The fourth-order valence-corrected chi connectivity index (χ4v) is 2.37. The van der Waals surface area contributed by atoms with Crippen LogP contribution in [0.3, 0.4) is 0 Å². The van der Waals surface area contributed by atoms with Crippen LogP contribution in [0.2, 0.25) is 0 Å². The van der Waals surface area contributed by atoms with Crippen molar-refractivity contribution >= 4 is 5.84 Å². The first-order chi connectivity index (χ1) is 9.54. The molecule has 0 bridgehead atoms. The van der Waals surface area contributed by atoms with Crippen LogP contribution in [0.15, 0.2) is 36.4 Å². The van der Waals surface area contributed by atoms with Crippen molar-refractivity contribution in [3.8, 4) is 0 Å². The summed E-state index contributed by atoms with van der Waals surface area (Å²) in [5.74, 6) is -1.31. The van der Waals surface area contributed by atoms with Gasteiger partial charge in [0.2, 0.25) is 0 Å². The minimum atomic E-state index is -0.518. The van der Waals surface area contributed by atoms with E-state index < -0.39 is 17.5 Å². The smallest absolute Gasteiger partial charge is 0.129 e. The lowest BCUT2D eigenvalue weighted by Gasteiger charge is -2.18. The highest BCUT2D eigenvalue weighted by Crippen LogP contribution is 2.25. The van der Waals surface area contributed by atoms with Crippen molar-refractivity contribution < 1.29 is 13.2 Å². The van der Waals surface area contributed by atoms with E-state index in [9.17, 15) is 13.2 Å². The lowest BCUT2D eigenvalue weighted by molar-refractivity contribution is 0.409. The van der Waals surface area contributed by atoms with Gasteiger partial charge in [0, 0.05) is 24.2 Å². The highest BCUT2D eigenvalue weighted by atomic mass is 19.1. The summed E-state index contributed by atoms with van der Waals surface area (Å²) in [7, 11) is 0. The maximum absolute atomic E-state index is 13.6. The van der Waals surface area contributed by atoms with Crippen LogP contribution in [-0.2, 0) is 13.1 Å². The van der Waals surface area contributed by atoms with Crippen molar-refractivity contribution in [3.05, 3.63) is 70.5 Å². The summed E-state index contributed by atoms with van der Waals surface area (Å²) in [5.41, 5.74) is 1.50. The molecule has 1 N–H and O–H groups in total. The fraction of sp³-hybridized carbons (Fsp3) is 0.133. The Bertz CT molecular complexity index is 698. The molecule has 0 saturated carbocycles. The Morgan fingerprint density at radius 3 is 2.50 bits per heavy atom. The van der Waals surface area contributed by atoms with Gasteiger partial charge >= 0.3 is 0 Å². The van der Waals surface area contributed by atoms with E-state index in [1.165, 1.54) is 12.1 Å². The molecular formula is C15H11F3N2. The number of nitrogens with one attached hydrogen (secondary N) is 1. The monoisotopic (exact) mass is 276 g/mol. The van der Waals surface area contributed by atoms with Crippen molar-refractivity contribution in [1.29, 1.82) is 5.41 Å². The van der Waals surface area contributed by atoms with E-state index in [1.807, 2.05) is 0 Å². The maximum atomic E-state index is 13.6. The molecule has 1 heterocycles. The number of nitrogens with zero attached hydrogens (tertiary/aromatic N) is 1. The predicted molar refractivity (Wildman–Crippen MR) is 68.8 cm³/mol. The Morgan fingerprint density at radius 1 is 1.00 bits per heavy atom. The van der Waals surface area contributed by atoms with Crippen LogP contribution < -0.4 is 0 Å². The topological polar surface area (TPSA) is 27.1 Å². The molecule has 0 radical (unpaired) electrons. The molecule has 20 heavy (non-hydrogen) atoms. The van der Waals surface area contributed by atoms with Gasteiger partial charge in [0.05, 0.1) is 0 Å². The minimum absolute atomic E-state index is 0.0821. The average Bonchev–Trinajstić information content (AvgIpc) is 2.71. The second-order valence-corrected chi connectivity index (χ2v) is 4.74. The van der Waals surface area contributed by atoms with Gasteiger partial charge in [-0.1, -0.05) is 6.07 Å². The number of rotatable bonds is 2. The van der Waals surface area contributed by atoms with Crippen LogP contribution in [0.1, 0.15) is 16.7 Å². The summed E-state index contributed by atoms with van der Waals surface area (Å²) in [6.45, 7) is 0.475. The molecule has 0 unspecified atom stereocenters. The fourth-order valence-electron chi connectivity index (χ4n) is 2.37. The van der Waals surface area contributed by atoms with E-state index >= 15 is 0 Å². The second kappa shape index (κ2) is 4.67. The second-order valence-electron chi connectivity index (χ2n) is 4.74. The number of benzene rings is 2. The zero-order chi connectivity index (χ0) is 14.3. The summed E-state index contributed by atoms with van der Waals surface area (Å²) in [6, 6.07) is 7.47. The van der Waals surface area contributed by atoms with E-state index in [2.05, 4.69) is 0 Å². The number of amidine groups is 1. The molecule has 0 fully saturated rings. The first-order valence-corrected chi connectivity index (χ1v) is 6.11. The molecule has 0 saturated heterocycles. The zero-order valence-corrected chi connectivity index (χ0v) is 10.5. The Kier molecular flexibility index (Phi) is 2.97. The summed E-state index contributed by atoms with van der Waals surface area (Å²) in [4.78, 5) is 1.59. The van der Waals surface area contributed by atoms with Gasteiger partial charge in [0.15, 0.2) is 0 Å². The zero-order valence-electron chi connectivity index (χ0n) is 10.5. The van der Waals surface area contributed by atoms with Crippen LogP contribution in [0.4, 0.5) is 13.2 Å². The van der Waals surface area contributed by atoms with Crippen molar-refractivity contribution in [2.75, 3.05) is 0 Å². The third kappa shape index (κ3) is 2.15. The SMILES string of the molecule is N=C1c2cc(F)ccc2CN1Cc1cc(F)ccc1F. The molecule has 0 atom stereocenters. The van der Waals surface area contributed by atoms with Crippen LogP contribution in [-0.4, -0.2) is 10.7 Å². The lowest BCUT2D eigenvalue weighted by Crippen LogP contribution is -2.24. The van der Waals surface area contributed by atoms with Gasteiger partial charge in [-0.2, -0.15) is 0 Å². The van der Waals surface area contributed by atoms with E-state index in [1.54, 1.807) is 11.0 Å². The van der Waals surface area contributed by atoms with Gasteiger partial charge in [-0.05, 0) is 35.9 Å². The summed E-state index contributed by atoms with van der Waals surface area (Å²) in [6.07, 6.45) is 0. The third-order valence-electron chi connectivity index (χ3n) is 3.37. The normalized spacial score (nSPS) is 13.8. The molecule has 2 aromatic rings. The van der Waals surface area contributed by atoms with Gasteiger partial charge in [-0.25, -0.2) is 13.2 Å². The molecule has 102 valence electrons. The molecule has 2 nitrogen and oxygen atoms in total. The quantitative estimate of drug-likeness (QED) is 0.893. The molecule has 1 aliphatic rings. The molecule has 0 amide bonds. The van der Waals surface area contributed by atoms with Gasteiger partial charge in [0.25, 0.3) is 0 Å². The molecule has 0 spiro atoms. The van der Waals surface area contributed by atoms with Crippen LogP contribution in [0.5, 0.6) is 0 Å². The van der Waals surface area contributed by atoms with E-state index in [0.29, 0.717) is 12.1 Å². The molecule has 1 aliphatic heterocycles. The van der Waals surface area contributed by atoms with Gasteiger partial charge in [-0.15, -0.1) is 0 Å². The highest BCUT2D eigenvalue weighted by molar-refractivity contribution is 6.00. The van der Waals surface area contributed by atoms with E-state index in [0.717, 1.165) is 23.8 Å². The number of fused-ring (bicyclic) bond motifs is 1. The van der Waals surface area contributed by atoms with Crippen molar-refractivity contribution in [2.45, 2.75) is 13.1 Å². The number of hydrogen-bond acceptors (Lipinski definition) is 1. The van der Waals surface area contributed by atoms with Crippen molar-refractivity contribution in [3.63, 3.8) is 0 Å². The molecule has 3 rings (SSSR count). The molecular weight excluding hydrogens is 265 g/mol. The maximum Gasteiger partial charge on any atom is 0.129 e. The van der Waals surface area contributed by atoms with Crippen LogP contribution >= 0.6 is 0 Å². The van der Waals surface area contributed by atoms with Crippen molar-refractivity contribution in [2.24, 2.45) is 0 Å². The Hall–Kier alpha value is -2.30. The molecule has 0 aliphatic carbocycles. The Morgan fingerprint density at radius 2 is 1.70 bits per heavy atom. The standard InChI is InChI=1S/C15H11F3N2/c16-11-3-4-14(18)10(5-11)8-20-7-9-1-2-12(17)6-13(9)15(20)19/h1-6,19H,7-8H2. The largest absolute Gasteiger partial charge is 0.348 e. The van der Waals surface area contributed by atoms with Gasteiger partial charge in [-0.3, -0.25) is 5.41 Å². The van der Waals surface area contributed by atoms with Gasteiger partial charge in [0.1, 0.15) is 23.3 Å². The van der Waals surface area contributed by atoms with Crippen LogP contribution in [0, 0.1) is 22.9 Å². The summed E-state index contributed by atoms with van der Waals surface area (Å²) in [5, 5.41) is 8.00. The number of halogens is 3. The summed E-state index contributed by atoms with van der Waals surface area (Å²) >= 11 is 0. The van der Waals surface area contributed by atoms with E-state index in [4.69, 9.17) is 5.41 Å². The molecule has 0 aromatic heterocycles. The van der Waals surface area contributed by atoms with Crippen LogP contribution in [0.25, 0.3) is 0 Å². The lowest BCUT2D eigenvalue weighted by atomic mass is 10.1. The molecule has 2 aromatic carbocycles. The summed E-state index contributed by atoms with van der Waals surface area (Å²) < 4.78 is 39.9. The Labute approximate surface area is 114 Å². The third-order valence-corrected chi connectivity index (χ3v) is 3.37.